The zero-order valence-electron chi connectivity index (χ0n) is 21.8. The van der Waals surface area contributed by atoms with Crippen molar-refractivity contribution in [2.45, 2.75) is 112 Å². The summed E-state index contributed by atoms with van der Waals surface area (Å²) in [5.74, 6) is 7.53. The van der Waals surface area contributed by atoms with E-state index >= 15 is 0 Å². The molecule has 0 radical (unpaired) electrons. The van der Waals surface area contributed by atoms with Gasteiger partial charge in [0.25, 0.3) is 0 Å². The number of hydrogen-bond donors (Lipinski definition) is 0. The van der Waals surface area contributed by atoms with Gasteiger partial charge < -0.3 is 4.74 Å². The molecule has 0 amide bonds. The molecule has 4 aliphatic rings. The molecular weight excluding hydrogens is 392 g/mol. The van der Waals surface area contributed by atoms with Gasteiger partial charge >= 0.3 is 5.97 Å². The fourth-order valence-corrected chi connectivity index (χ4v) is 9.34. The van der Waals surface area contributed by atoms with Crippen molar-refractivity contribution in [2.75, 3.05) is 0 Å². The summed E-state index contributed by atoms with van der Waals surface area (Å²) in [6.45, 7) is 13.8. The van der Waals surface area contributed by atoms with Crippen LogP contribution >= 0.6 is 0 Å². The maximum absolute atomic E-state index is 11.5. The minimum absolute atomic E-state index is 0.0885. The van der Waals surface area contributed by atoms with E-state index in [4.69, 9.17) is 4.74 Å². The van der Waals surface area contributed by atoms with Crippen LogP contribution in [0.15, 0.2) is 12.2 Å². The van der Waals surface area contributed by atoms with Gasteiger partial charge in [-0.1, -0.05) is 46.8 Å². The Hall–Kier alpha value is -0.790. The lowest BCUT2D eigenvalue weighted by molar-refractivity contribution is -0.152. The molecule has 0 aromatic carbocycles. The summed E-state index contributed by atoms with van der Waals surface area (Å²) in [5, 5.41) is 0. The minimum Gasteiger partial charge on any atom is -0.463 e. The van der Waals surface area contributed by atoms with Crippen molar-refractivity contribution in [1.29, 1.82) is 0 Å². The van der Waals surface area contributed by atoms with Crippen molar-refractivity contribution >= 4 is 5.97 Å². The summed E-state index contributed by atoms with van der Waals surface area (Å²) in [6.07, 6.45) is 18.8. The highest BCUT2D eigenvalue weighted by molar-refractivity contribution is 5.66. The molecule has 0 saturated heterocycles. The van der Waals surface area contributed by atoms with Gasteiger partial charge in [-0.15, -0.1) is 0 Å². The fraction of sp³-hybridized carbons (Fsp3) is 0.900. The molecule has 4 aliphatic carbocycles. The first-order chi connectivity index (χ1) is 15.2. The SMILES string of the molecule is CC[C@H](/C=C/[C@@H](C)[C@H]1CC[C@@H]2[C@@H]3CC[C@H]4C[C@@H](OC(C)=O)CC[C@@H]4[C@H]3CC[C@@]21C)C(C)C. The molecule has 4 fully saturated rings. The lowest BCUT2D eigenvalue weighted by atomic mass is 9.49. The lowest BCUT2D eigenvalue weighted by Gasteiger charge is -2.56. The molecule has 0 spiro atoms. The largest absolute Gasteiger partial charge is 0.463 e. The number of rotatable bonds is 6. The second-order valence-electron chi connectivity index (χ2n) is 12.8. The van der Waals surface area contributed by atoms with E-state index in [0.717, 1.165) is 60.2 Å². The average molecular weight is 443 g/mol. The van der Waals surface area contributed by atoms with Crippen molar-refractivity contribution < 1.29 is 9.53 Å². The van der Waals surface area contributed by atoms with Gasteiger partial charge in [0.2, 0.25) is 0 Å². The molecule has 0 aromatic rings. The van der Waals surface area contributed by atoms with Crippen LogP contribution in [0.3, 0.4) is 0 Å². The molecule has 2 nitrogen and oxygen atoms in total. The molecule has 10 atom stereocenters. The van der Waals surface area contributed by atoms with Crippen molar-refractivity contribution in [3.63, 3.8) is 0 Å². The topological polar surface area (TPSA) is 26.3 Å². The number of ether oxygens (including phenoxy) is 1. The van der Waals surface area contributed by atoms with Crippen LogP contribution in [0, 0.1) is 58.7 Å². The predicted molar refractivity (Wildman–Crippen MR) is 133 cm³/mol. The number of fused-ring (bicyclic) bond motifs is 5. The molecule has 4 rings (SSSR count). The number of esters is 1. The molecule has 0 heterocycles. The lowest BCUT2D eigenvalue weighted by Crippen LogP contribution is -2.49. The zero-order valence-corrected chi connectivity index (χ0v) is 21.8. The van der Waals surface area contributed by atoms with Crippen LogP contribution in [0.25, 0.3) is 0 Å². The van der Waals surface area contributed by atoms with Gasteiger partial charge in [0, 0.05) is 6.92 Å². The highest BCUT2D eigenvalue weighted by Gasteiger charge is 2.57. The average Bonchev–Trinajstić information content (AvgIpc) is 3.10. The summed E-state index contributed by atoms with van der Waals surface area (Å²) in [6, 6.07) is 0. The Labute approximate surface area is 198 Å². The second-order valence-corrected chi connectivity index (χ2v) is 12.8. The summed E-state index contributed by atoms with van der Waals surface area (Å²) in [7, 11) is 0. The Kier molecular flexibility index (Phi) is 7.48. The summed E-state index contributed by atoms with van der Waals surface area (Å²) < 4.78 is 5.62. The highest BCUT2D eigenvalue weighted by Crippen LogP contribution is 2.65. The molecule has 0 aromatic heterocycles. The minimum atomic E-state index is -0.0885. The Morgan fingerprint density at radius 3 is 2.41 bits per heavy atom. The highest BCUT2D eigenvalue weighted by atomic mass is 16.5. The standard InChI is InChI=1S/C30H50O2/c1-7-22(19(2)3)9-8-20(4)28-14-15-29-27-12-10-23-18-24(32-21(5)31)11-13-25(23)26(27)16-17-30(28,29)6/h8-9,19-20,22-29H,7,10-18H2,1-6H3/b9-8+/t20-,22-,23+,24+,25+,26-,27-,28-,29-,30-/m1/s1. The quantitative estimate of drug-likeness (QED) is 0.307. The zero-order chi connectivity index (χ0) is 23.0. The number of hydrogen-bond acceptors (Lipinski definition) is 2. The van der Waals surface area contributed by atoms with E-state index in [0.29, 0.717) is 11.3 Å². The predicted octanol–water partition coefficient (Wildman–Crippen LogP) is 8.06. The smallest absolute Gasteiger partial charge is 0.302 e. The maximum atomic E-state index is 11.5. The molecular formula is C30H50O2. The molecule has 32 heavy (non-hydrogen) atoms. The monoisotopic (exact) mass is 442 g/mol. The van der Waals surface area contributed by atoms with E-state index in [-0.39, 0.29) is 12.1 Å². The van der Waals surface area contributed by atoms with Gasteiger partial charge in [-0.3, -0.25) is 4.79 Å². The van der Waals surface area contributed by atoms with Crippen LogP contribution < -0.4 is 0 Å². The Morgan fingerprint density at radius 1 is 0.969 bits per heavy atom. The first kappa shape index (κ1) is 24.3. The number of allylic oxidation sites excluding steroid dienone is 2. The van der Waals surface area contributed by atoms with E-state index < -0.39 is 0 Å². The van der Waals surface area contributed by atoms with Crippen molar-refractivity contribution in [2.24, 2.45) is 58.7 Å². The molecule has 4 saturated carbocycles. The molecule has 2 heteroatoms. The molecule has 0 bridgehead atoms. The molecule has 0 N–H and O–H groups in total. The number of carbonyl (C=O) groups is 1. The van der Waals surface area contributed by atoms with Gasteiger partial charge in [0.05, 0.1) is 0 Å². The van der Waals surface area contributed by atoms with E-state index in [9.17, 15) is 4.79 Å². The van der Waals surface area contributed by atoms with Crippen LogP contribution in [0.2, 0.25) is 0 Å². The van der Waals surface area contributed by atoms with Gasteiger partial charge in [0.1, 0.15) is 6.10 Å². The molecule has 0 aliphatic heterocycles. The first-order valence-electron chi connectivity index (χ1n) is 14.1. The van der Waals surface area contributed by atoms with Crippen LogP contribution in [0.4, 0.5) is 0 Å². The van der Waals surface area contributed by atoms with Gasteiger partial charge in [0.15, 0.2) is 0 Å². The van der Waals surface area contributed by atoms with E-state index in [1.165, 1.54) is 51.4 Å². The Bertz CT molecular complexity index is 680. The maximum Gasteiger partial charge on any atom is 0.302 e. The third-order valence-corrected chi connectivity index (χ3v) is 10.9. The first-order valence-corrected chi connectivity index (χ1v) is 14.1. The Balaban J connectivity index is 1.42. The van der Waals surface area contributed by atoms with Gasteiger partial charge in [-0.05, 0) is 123 Å². The van der Waals surface area contributed by atoms with E-state index in [1.807, 2.05) is 0 Å². The third-order valence-electron chi connectivity index (χ3n) is 10.9. The molecule has 0 unspecified atom stereocenters. The van der Waals surface area contributed by atoms with Crippen LogP contribution in [-0.4, -0.2) is 12.1 Å². The van der Waals surface area contributed by atoms with Crippen LogP contribution in [-0.2, 0) is 9.53 Å². The van der Waals surface area contributed by atoms with Crippen LogP contribution in [0.5, 0.6) is 0 Å². The van der Waals surface area contributed by atoms with Gasteiger partial charge in [-0.25, -0.2) is 0 Å². The van der Waals surface area contributed by atoms with Crippen molar-refractivity contribution in [1.82, 2.24) is 0 Å². The number of carbonyl (C=O) groups excluding carboxylic acids is 1. The second kappa shape index (κ2) is 9.83. The van der Waals surface area contributed by atoms with Crippen molar-refractivity contribution in [3.05, 3.63) is 12.2 Å². The van der Waals surface area contributed by atoms with Crippen molar-refractivity contribution in [3.8, 4) is 0 Å². The van der Waals surface area contributed by atoms with Crippen LogP contribution in [0.1, 0.15) is 106 Å². The van der Waals surface area contributed by atoms with E-state index in [2.05, 4.69) is 46.8 Å². The Morgan fingerprint density at radius 2 is 1.72 bits per heavy atom. The van der Waals surface area contributed by atoms with E-state index in [1.54, 1.807) is 6.92 Å². The fourth-order valence-electron chi connectivity index (χ4n) is 9.34. The summed E-state index contributed by atoms with van der Waals surface area (Å²) in [4.78, 5) is 11.5. The summed E-state index contributed by atoms with van der Waals surface area (Å²) >= 11 is 0. The summed E-state index contributed by atoms with van der Waals surface area (Å²) in [5.41, 5.74) is 0.548. The normalized spacial score (nSPS) is 43.4. The molecule has 182 valence electrons. The third kappa shape index (κ3) is 4.58. The van der Waals surface area contributed by atoms with Gasteiger partial charge in [-0.2, -0.15) is 0 Å².